The minimum Gasteiger partial charge on any atom is -0.459 e. The van der Waals surface area contributed by atoms with Gasteiger partial charge in [0.25, 0.3) is 0 Å². The van der Waals surface area contributed by atoms with Crippen LogP contribution in [0.4, 0.5) is 0 Å². The van der Waals surface area contributed by atoms with E-state index in [4.69, 9.17) is 4.74 Å². The maximum atomic E-state index is 12.7. The lowest BCUT2D eigenvalue weighted by molar-refractivity contribution is -0.263. The van der Waals surface area contributed by atoms with Crippen molar-refractivity contribution in [3.05, 3.63) is 0 Å². The molecule has 4 aliphatic rings. The van der Waals surface area contributed by atoms with E-state index in [1.807, 2.05) is 0 Å². The summed E-state index contributed by atoms with van der Waals surface area (Å²) in [6, 6.07) is 0. The molecule has 0 aliphatic heterocycles. The van der Waals surface area contributed by atoms with Crippen molar-refractivity contribution in [3.63, 3.8) is 0 Å². The van der Waals surface area contributed by atoms with E-state index in [0.717, 1.165) is 32.1 Å². The number of aliphatic hydroxyl groups is 2. The Morgan fingerprint density at radius 3 is 2.18 bits per heavy atom. The highest BCUT2D eigenvalue weighted by Gasteiger charge is 2.64. The Morgan fingerprint density at radius 2 is 1.73 bits per heavy atom. The lowest BCUT2D eigenvalue weighted by Crippen LogP contribution is -2.67. The van der Waals surface area contributed by atoms with Gasteiger partial charge in [0.15, 0.2) is 0 Å². The van der Waals surface area contributed by atoms with Gasteiger partial charge in [-0.15, -0.1) is 0 Å². The lowest BCUT2D eigenvalue weighted by atomic mass is 9.50. The van der Waals surface area contributed by atoms with Gasteiger partial charge in [-0.2, -0.15) is 0 Å². The summed E-state index contributed by atoms with van der Waals surface area (Å²) in [4.78, 5) is 12.7. The number of rotatable bonds is 5. The zero-order chi connectivity index (χ0) is 16.2. The number of carbonyl (C=O) groups excluding carboxylic acids is 1. The molecule has 4 bridgehead atoms. The SMILES string of the molecule is CCCC(C(=O)OC12CC3CC(O)(CC(O)(C3)C1)C2)C(C)C. The van der Waals surface area contributed by atoms with E-state index < -0.39 is 16.8 Å². The summed E-state index contributed by atoms with van der Waals surface area (Å²) >= 11 is 0. The molecule has 0 aromatic heterocycles. The van der Waals surface area contributed by atoms with Crippen LogP contribution in [0.25, 0.3) is 0 Å². The molecule has 3 atom stereocenters. The monoisotopic (exact) mass is 310 g/mol. The third-order valence-electron chi connectivity index (χ3n) is 5.98. The van der Waals surface area contributed by atoms with E-state index in [-0.39, 0.29) is 23.7 Å². The quantitative estimate of drug-likeness (QED) is 0.766. The van der Waals surface area contributed by atoms with Gasteiger partial charge in [-0.05, 0) is 37.5 Å². The second kappa shape index (κ2) is 5.20. The molecule has 0 amide bonds. The number of hydrogen-bond acceptors (Lipinski definition) is 4. The predicted molar refractivity (Wildman–Crippen MR) is 83.2 cm³/mol. The zero-order valence-electron chi connectivity index (χ0n) is 14.1. The van der Waals surface area contributed by atoms with E-state index in [1.165, 1.54) is 0 Å². The summed E-state index contributed by atoms with van der Waals surface area (Å²) in [6.45, 7) is 6.20. The van der Waals surface area contributed by atoms with Crippen LogP contribution in [0.2, 0.25) is 0 Å². The van der Waals surface area contributed by atoms with Crippen molar-refractivity contribution in [2.24, 2.45) is 17.8 Å². The fourth-order valence-electron chi connectivity index (χ4n) is 5.69. The van der Waals surface area contributed by atoms with Gasteiger partial charge in [-0.25, -0.2) is 0 Å². The van der Waals surface area contributed by atoms with Crippen molar-refractivity contribution >= 4 is 5.97 Å². The van der Waals surface area contributed by atoms with Crippen LogP contribution >= 0.6 is 0 Å². The second-order valence-corrected chi connectivity index (χ2v) is 8.70. The van der Waals surface area contributed by atoms with Crippen molar-refractivity contribution in [2.75, 3.05) is 0 Å². The van der Waals surface area contributed by atoms with Crippen molar-refractivity contribution in [1.82, 2.24) is 0 Å². The smallest absolute Gasteiger partial charge is 0.309 e. The second-order valence-electron chi connectivity index (χ2n) is 8.70. The number of ether oxygens (including phenoxy) is 1. The molecule has 4 heteroatoms. The van der Waals surface area contributed by atoms with Crippen LogP contribution < -0.4 is 0 Å². The van der Waals surface area contributed by atoms with Gasteiger partial charge in [0.2, 0.25) is 0 Å². The molecule has 22 heavy (non-hydrogen) atoms. The van der Waals surface area contributed by atoms with Crippen molar-refractivity contribution in [3.8, 4) is 0 Å². The maximum Gasteiger partial charge on any atom is 0.309 e. The van der Waals surface area contributed by atoms with E-state index >= 15 is 0 Å². The van der Waals surface area contributed by atoms with Crippen LogP contribution in [0.15, 0.2) is 0 Å². The van der Waals surface area contributed by atoms with Gasteiger partial charge < -0.3 is 14.9 Å². The fraction of sp³-hybridized carbons (Fsp3) is 0.944. The summed E-state index contributed by atoms with van der Waals surface area (Å²) in [5.74, 6) is 0.323. The van der Waals surface area contributed by atoms with E-state index in [2.05, 4.69) is 20.8 Å². The van der Waals surface area contributed by atoms with Crippen molar-refractivity contribution in [1.29, 1.82) is 0 Å². The number of carbonyl (C=O) groups is 1. The average molecular weight is 310 g/mol. The molecule has 4 aliphatic carbocycles. The third kappa shape index (κ3) is 2.80. The molecule has 0 spiro atoms. The minimum atomic E-state index is -0.841. The molecule has 2 N–H and O–H groups in total. The van der Waals surface area contributed by atoms with Gasteiger partial charge in [0, 0.05) is 19.3 Å². The van der Waals surface area contributed by atoms with Gasteiger partial charge in [0.1, 0.15) is 5.60 Å². The highest BCUT2D eigenvalue weighted by molar-refractivity contribution is 5.73. The highest BCUT2D eigenvalue weighted by Crippen LogP contribution is 2.60. The van der Waals surface area contributed by atoms with Crippen LogP contribution in [0.1, 0.15) is 72.1 Å². The van der Waals surface area contributed by atoms with Crippen LogP contribution in [-0.2, 0) is 9.53 Å². The van der Waals surface area contributed by atoms with E-state index in [1.54, 1.807) is 0 Å². The Morgan fingerprint density at radius 1 is 1.14 bits per heavy atom. The highest BCUT2D eigenvalue weighted by atomic mass is 16.6. The van der Waals surface area contributed by atoms with E-state index in [0.29, 0.717) is 19.3 Å². The Labute approximate surface area is 133 Å². The summed E-state index contributed by atoms with van der Waals surface area (Å²) < 4.78 is 6.00. The largest absolute Gasteiger partial charge is 0.459 e. The van der Waals surface area contributed by atoms with Gasteiger partial charge in [0.05, 0.1) is 17.1 Å². The summed E-state index contributed by atoms with van der Waals surface area (Å²) in [7, 11) is 0. The summed E-state index contributed by atoms with van der Waals surface area (Å²) in [5.41, 5.74) is -2.32. The molecule has 0 aromatic rings. The van der Waals surface area contributed by atoms with Crippen LogP contribution in [0.3, 0.4) is 0 Å². The first-order valence-electron chi connectivity index (χ1n) is 8.86. The fourth-order valence-corrected chi connectivity index (χ4v) is 5.69. The van der Waals surface area contributed by atoms with Crippen molar-refractivity contribution < 1.29 is 19.7 Å². The Bertz CT molecular complexity index is 440. The first kappa shape index (κ1) is 16.3. The Balaban J connectivity index is 1.78. The van der Waals surface area contributed by atoms with Gasteiger partial charge >= 0.3 is 5.97 Å². The molecule has 0 heterocycles. The van der Waals surface area contributed by atoms with Crippen molar-refractivity contribution in [2.45, 2.75) is 88.9 Å². The van der Waals surface area contributed by atoms with Crippen LogP contribution in [-0.4, -0.2) is 33.0 Å². The Hall–Kier alpha value is -0.610. The minimum absolute atomic E-state index is 0.0812. The summed E-state index contributed by atoms with van der Waals surface area (Å²) in [5, 5.41) is 21.5. The number of hydrogen-bond donors (Lipinski definition) is 2. The molecule has 3 unspecified atom stereocenters. The average Bonchev–Trinajstić information content (AvgIpc) is 2.29. The molecule has 4 fully saturated rings. The molecule has 4 rings (SSSR count). The molecule has 126 valence electrons. The van der Waals surface area contributed by atoms with Crippen LogP contribution in [0, 0.1) is 17.8 Å². The van der Waals surface area contributed by atoms with Gasteiger partial charge in [-0.1, -0.05) is 27.2 Å². The normalized spacial score (nSPS) is 44.4. The third-order valence-corrected chi connectivity index (χ3v) is 5.98. The van der Waals surface area contributed by atoms with Gasteiger partial charge in [-0.3, -0.25) is 4.79 Å². The maximum absolute atomic E-state index is 12.7. The molecule has 4 nitrogen and oxygen atoms in total. The number of esters is 1. The first-order valence-corrected chi connectivity index (χ1v) is 8.86. The van der Waals surface area contributed by atoms with E-state index in [9.17, 15) is 15.0 Å². The zero-order valence-corrected chi connectivity index (χ0v) is 14.1. The topological polar surface area (TPSA) is 66.8 Å². The molecular weight excluding hydrogens is 280 g/mol. The lowest BCUT2D eigenvalue weighted by Gasteiger charge is -2.62. The molecule has 0 saturated heterocycles. The summed E-state index contributed by atoms with van der Waals surface area (Å²) in [6.07, 6.45) is 5.54. The standard InChI is InChI=1S/C18H30O4/c1-4-5-14(12(2)3)15(19)22-18-8-13-6-16(20,10-18)9-17(21,7-13)11-18/h12-14,20-21H,4-11H2,1-3H3. The Kier molecular flexibility index (Phi) is 3.84. The molecule has 0 aromatic carbocycles. The first-order chi connectivity index (χ1) is 10.2. The molecular formula is C18H30O4. The molecule has 0 radical (unpaired) electrons. The predicted octanol–water partition coefficient (Wildman–Crippen LogP) is 2.80. The molecule has 4 saturated carbocycles. The van der Waals surface area contributed by atoms with Crippen LogP contribution in [0.5, 0.6) is 0 Å².